The van der Waals surface area contributed by atoms with Gasteiger partial charge in [0.15, 0.2) is 0 Å². The molecule has 5 rings (SSSR count). The Bertz CT molecular complexity index is 1380. The number of amides is 1. The Balaban J connectivity index is 1.22. The van der Waals surface area contributed by atoms with Gasteiger partial charge in [-0.3, -0.25) is 14.2 Å². The van der Waals surface area contributed by atoms with Crippen molar-refractivity contribution in [2.75, 3.05) is 20.2 Å². The Hall–Kier alpha value is -3.61. The van der Waals surface area contributed by atoms with Crippen molar-refractivity contribution in [2.24, 2.45) is 13.0 Å². The zero-order valence-corrected chi connectivity index (χ0v) is 19.0. The molecule has 0 aliphatic carbocycles. The van der Waals surface area contributed by atoms with Crippen LogP contribution in [0.1, 0.15) is 18.4 Å². The summed E-state index contributed by atoms with van der Waals surface area (Å²) >= 11 is 0. The summed E-state index contributed by atoms with van der Waals surface area (Å²) < 4.78 is 9.00. The molecule has 1 amide bonds. The number of methoxy groups -OCH3 is 1. The minimum absolute atomic E-state index is 0.0304. The number of nitrogens with zero attached hydrogens (tertiary/aromatic N) is 4. The molecule has 2 aromatic carbocycles. The summed E-state index contributed by atoms with van der Waals surface area (Å²) in [4.78, 5) is 32.3. The Labute approximate surface area is 192 Å². The van der Waals surface area contributed by atoms with E-state index in [0.29, 0.717) is 35.5 Å². The molecule has 0 atom stereocenters. The van der Waals surface area contributed by atoms with Gasteiger partial charge in [0, 0.05) is 49.8 Å². The first-order chi connectivity index (χ1) is 16.0. The monoisotopic (exact) mass is 444 g/mol. The maximum absolute atomic E-state index is 13.0. The van der Waals surface area contributed by atoms with Crippen LogP contribution < -0.4 is 10.3 Å². The van der Waals surface area contributed by atoms with Gasteiger partial charge in [-0.2, -0.15) is 0 Å². The molecular formula is C26H28N4O3. The van der Waals surface area contributed by atoms with E-state index in [1.165, 1.54) is 0 Å². The Kier molecular flexibility index (Phi) is 5.62. The van der Waals surface area contributed by atoms with E-state index >= 15 is 0 Å². The molecule has 0 saturated carbocycles. The number of fused-ring (bicyclic) bond motifs is 2. The molecule has 33 heavy (non-hydrogen) atoms. The zero-order valence-electron chi connectivity index (χ0n) is 19.0. The summed E-state index contributed by atoms with van der Waals surface area (Å²) in [5.41, 5.74) is 2.83. The van der Waals surface area contributed by atoms with Gasteiger partial charge in [-0.25, -0.2) is 4.98 Å². The van der Waals surface area contributed by atoms with E-state index in [1.807, 2.05) is 24.1 Å². The largest absolute Gasteiger partial charge is 0.497 e. The summed E-state index contributed by atoms with van der Waals surface area (Å²) in [6.07, 6.45) is 5.87. The van der Waals surface area contributed by atoms with Crippen LogP contribution in [0.4, 0.5) is 0 Å². The smallest absolute Gasteiger partial charge is 0.261 e. The summed E-state index contributed by atoms with van der Waals surface area (Å²) in [6, 6.07) is 13.5. The van der Waals surface area contributed by atoms with Gasteiger partial charge >= 0.3 is 0 Å². The fraction of sp³-hybridized carbons (Fsp3) is 0.346. The van der Waals surface area contributed by atoms with Crippen LogP contribution in [0.5, 0.6) is 5.75 Å². The van der Waals surface area contributed by atoms with Gasteiger partial charge in [-0.05, 0) is 42.5 Å². The standard InChI is InChI=1S/C26H28N4O3/c1-28-16-19(21-5-3-4-6-24(21)28)13-25(31)29-11-9-18(10-12-29)15-30-17-27-23-14-20(33-2)7-8-22(23)26(30)32/h3-8,14,16-18H,9-13,15H2,1-2H3. The van der Waals surface area contributed by atoms with Gasteiger partial charge in [0.1, 0.15) is 5.75 Å². The molecule has 170 valence electrons. The highest BCUT2D eigenvalue weighted by molar-refractivity contribution is 5.89. The van der Waals surface area contributed by atoms with Crippen molar-refractivity contribution in [3.05, 3.63) is 70.9 Å². The molecular weight excluding hydrogens is 416 g/mol. The number of hydrogen-bond acceptors (Lipinski definition) is 4. The highest BCUT2D eigenvalue weighted by Gasteiger charge is 2.24. The van der Waals surface area contributed by atoms with Crippen molar-refractivity contribution in [1.29, 1.82) is 0 Å². The molecule has 0 N–H and O–H groups in total. The molecule has 0 bridgehead atoms. The summed E-state index contributed by atoms with van der Waals surface area (Å²) in [5, 5.41) is 1.74. The molecule has 7 nitrogen and oxygen atoms in total. The number of aryl methyl sites for hydroxylation is 1. The van der Waals surface area contributed by atoms with Crippen LogP contribution in [0.2, 0.25) is 0 Å². The van der Waals surface area contributed by atoms with E-state index in [9.17, 15) is 9.59 Å². The van der Waals surface area contributed by atoms with Crippen LogP contribution >= 0.6 is 0 Å². The lowest BCUT2D eigenvalue weighted by Gasteiger charge is -2.32. The second kappa shape index (κ2) is 8.73. The van der Waals surface area contributed by atoms with E-state index in [4.69, 9.17) is 4.74 Å². The normalized spacial score (nSPS) is 14.8. The first kappa shape index (κ1) is 21.2. The Morgan fingerprint density at radius 2 is 1.91 bits per heavy atom. The molecule has 1 aliphatic rings. The van der Waals surface area contributed by atoms with Gasteiger partial charge in [-0.15, -0.1) is 0 Å². The van der Waals surface area contributed by atoms with Crippen LogP contribution in [-0.2, 0) is 24.8 Å². The lowest BCUT2D eigenvalue weighted by Crippen LogP contribution is -2.40. The van der Waals surface area contributed by atoms with Gasteiger partial charge < -0.3 is 14.2 Å². The number of carbonyl (C=O) groups excluding carboxylic acids is 1. The van der Waals surface area contributed by atoms with E-state index in [1.54, 1.807) is 36.2 Å². The molecule has 7 heteroatoms. The number of piperidine rings is 1. The van der Waals surface area contributed by atoms with Crippen molar-refractivity contribution in [1.82, 2.24) is 19.0 Å². The molecule has 1 saturated heterocycles. The Morgan fingerprint density at radius 3 is 2.70 bits per heavy atom. The quantitative estimate of drug-likeness (QED) is 0.473. The molecule has 0 radical (unpaired) electrons. The van der Waals surface area contributed by atoms with E-state index in [-0.39, 0.29) is 11.5 Å². The van der Waals surface area contributed by atoms with Crippen molar-refractivity contribution in [3.8, 4) is 5.75 Å². The van der Waals surface area contributed by atoms with E-state index in [0.717, 1.165) is 42.4 Å². The lowest BCUT2D eigenvalue weighted by molar-refractivity contribution is -0.131. The third kappa shape index (κ3) is 4.11. The van der Waals surface area contributed by atoms with Gasteiger partial charge in [-0.1, -0.05) is 18.2 Å². The number of aromatic nitrogens is 3. The fourth-order valence-electron chi connectivity index (χ4n) is 4.88. The average molecular weight is 445 g/mol. The first-order valence-electron chi connectivity index (χ1n) is 11.4. The second-order valence-electron chi connectivity index (χ2n) is 8.87. The minimum Gasteiger partial charge on any atom is -0.497 e. The molecule has 1 fully saturated rings. The first-order valence-corrected chi connectivity index (χ1v) is 11.4. The minimum atomic E-state index is -0.0304. The lowest BCUT2D eigenvalue weighted by atomic mass is 9.96. The van der Waals surface area contributed by atoms with Crippen LogP contribution in [-0.4, -0.2) is 45.1 Å². The number of para-hydroxylation sites is 1. The predicted octanol–water partition coefficient (Wildman–Crippen LogP) is 3.38. The SMILES string of the molecule is COc1ccc2c(=O)n(CC3CCN(C(=O)Cc4cn(C)c5ccccc45)CC3)cnc2c1. The molecule has 0 spiro atoms. The zero-order chi connectivity index (χ0) is 22.9. The van der Waals surface area contributed by atoms with Crippen molar-refractivity contribution < 1.29 is 9.53 Å². The van der Waals surface area contributed by atoms with Crippen LogP contribution in [0.25, 0.3) is 21.8 Å². The summed E-state index contributed by atoms with van der Waals surface area (Å²) in [7, 11) is 3.61. The highest BCUT2D eigenvalue weighted by Crippen LogP contribution is 2.24. The van der Waals surface area contributed by atoms with E-state index in [2.05, 4.69) is 27.9 Å². The van der Waals surface area contributed by atoms with Gasteiger partial charge in [0.25, 0.3) is 5.56 Å². The van der Waals surface area contributed by atoms with Gasteiger partial charge in [0.05, 0.1) is 30.8 Å². The van der Waals surface area contributed by atoms with Gasteiger partial charge in [0.2, 0.25) is 5.91 Å². The number of ether oxygens (including phenoxy) is 1. The van der Waals surface area contributed by atoms with Crippen LogP contribution in [0.3, 0.4) is 0 Å². The number of carbonyl (C=O) groups is 1. The molecule has 4 aromatic rings. The Morgan fingerprint density at radius 1 is 1.12 bits per heavy atom. The highest BCUT2D eigenvalue weighted by atomic mass is 16.5. The second-order valence-corrected chi connectivity index (χ2v) is 8.87. The van der Waals surface area contributed by atoms with Crippen molar-refractivity contribution in [2.45, 2.75) is 25.8 Å². The third-order valence-corrected chi connectivity index (χ3v) is 6.78. The number of likely N-dealkylation sites (tertiary alicyclic amines) is 1. The molecule has 0 unspecified atom stereocenters. The maximum Gasteiger partial charge on any atom is 0.261 e. The number of rotatable bonds is 5. The number of benzene rings is 2. The third-order valence-electron chi connectivity index (χ3n) is 6.78. The van der Waals surface area contributed by atoms with E-state index < -0.39 is 0 Å². The molecule has 1 aliphatic heterocycles. The molecule has 3 heterocycles. The summed E-state index contributed by atoms with van der Waals surface area (Å²) in [6.45, 7) is 2.07. The maximum atomic E-state index is 13.0. The summed E-state index contributed by atoms with van der Waals surface area (Å²) in [5.74, 6) is 1.21. The van der Waals surface area contributed by atoms with Crippen LogP contribution in [0.15, 0.2) is 59.8 Å². The number of hydrogen-bond donors (Lipinski definition) is 0. The fourth-order valence-corrected chi connectivity index (χ4v) is 4.88. The topological polar surface area (TPSA) is 69.4 Å². The predicted molar refractivity (Wildman–Crippen MR) is 128 cm³/mol. The average Bonchev–Trinajstić information content (AvgIpc) is 3.16. The van der Waals surface area contributed by atoms with Crippen molar-refractivity contribution in [3.63, 3.8) is 0 Å². The van der Waals surface area contributed by atoms with Crippen LogP contribution in [0, 0.1) is 5.92 Å². The van der Waals surface area contributed by atoms with Crippen molar-refractivity contribution >= 4 is 27.7 Å². The molecule has 2 aromatic heterocycles.